The van der Waals surface area contributed by atoms with Crippen molar-refractivity contribution in [2.24, 2.45) is 0 Å². The van der Waals surface area contributed by atoms with Crippen molar-refractivity contribution >= 4 is 34.2 Å². The van der Waals surface area contributed by atoms with Crippen LogP contribution in [0, 0.1) is 13.8 Å². The number of fused-ring (bicyclic) bond motifs is 1. The van der Waals surface area contributed by atoms with Gasteiger partial charge in [0.15, 0.2) is 0 Å². The maximum atomic E-state index is 11.8. The monoisotopic (exact) mass is 348 g/mol. The SMILES string of the molecule is Cc1ccc2c(COc3cc(Cl)cc(Cl)c3)cc(=O)oc2c1C. The van der Waals surface area contributed by atoms with Gasteiger partial charge in [0.1, 0.15) is 17.9 Å². The summed E-state index contributed by atoms with van der Waals surface area (Å²) in [6.07, 6.45) is 0. The lowest BCUT2D eigenvalue weighted by molar-refractivity contribution is 0.306. The minimum Gasteiger partial charge on any atom is -0.489 e. The molecule has 3 rings (SSSR count). The van der Waals surface area contributed by atoms with E-state index in [0.717, 1.165) is 22.1 Å². The molecule has 0 aliphatic heterocycles. The van der Waals surface area contributed by atoms with Crippen LogP contribution in [0.25, 0.3) is 11.0 Å². The molecule has 1 heterocycles. The van der Waals surface area contributed by atoms with Crippen LogP contribution in [0.15, 0.2) is 45.6 Å². The molecule has 5 heteroatoms. The molecule has 23 heavy (non-hydrogen) atoms. The second-order valence-electron chi connectivity index (χ2n) is 5.37. The Morgan fingerprint density at radius 1 is 1.04 bits per heavy atom. The summed E-state index contributed by atoms with van der Waals surface area (Å²) >= 11 is 11.9. The van der Waals surface area contributed by atoms with Crippen LogP contribution < -0.4 is 10.4 Å². The van der Waals surface area contributed by atoms with E-state index in [-0.39, 0.29) is 6.61 Å². The van der Waals surface area contributed by atoms with Crippen molar-refractivity contribution in [3.63, 3.8) is 0 Å². The molecule has 0 saturated carbocycles. The first-order valence-corrected chi connectivity index (χ1v) is 7.81. The van der Waals surface area contributed by atoms with Gasteiger partial charge in [-0.2, -0.15) is 0 Å². The van der Waals surface area contributed by atoms with Crippen LogP contribution >= 0.6 is 23.2 Å². The van der Waals surface area contributed by atoms with Gasteiger partial charge >= 0.3 is 5.63 Å². The summed E-state index contributed by atoms with van der Waals surface area (Å²) in [5.41, 5.74) is 2.98. The predicted octanol–water partition coefficient (Wildman–Crippen LogP) is 5.30. The molecule has 0 aliphatic carbocycles. The van der Waals surface area contributed by atoms with Crippen molar-refractivity contribution in [2.75, 3.05) is 0 Å². The lowest BCUT2D eigenvalue weighted by Crippen LogP contribution is -2.05. The summed E-state index contributed by atoms with van der Waals surface area (Å²) < 4.78 is 11.1. The third-order valence-corrected chi connectivity index (χ3v) is 4.18. The maximum Gasteiger partial charge on any atom is 0.336 e. The topological polar surface area (TPSA) is 39.4 Å². The number of aryl methyl sites for hydroxylation is 2. The Labute approximate surface area is 143 Å². The van der Waals surface area contributed by atoms with E-state index in [2.05, 4.69) is 0 Å². The van der Waals surface area contributed by atoms with Crippen molar-refractivity contribution in [3.8, 4) is 5.75 Å². The highest BCUT2D eigenvalue weighted by Crippen LogP contribution is 2.27. The first kappa shape index (κ1) is 15.9. The second kappa shape index (κ2) is 6.26. The van der Waals surface area contributed by atoms with Crippen LogP contribution in [-0.4, -0.2) is 0 Å². The van der Waals surface area contributed by atoms with Gasteiger partial charge in [-0.1, -0.05) is 35.3 Å². The molecule has 0 N–H and O–H groups in total. The first-order chi connectivity index (χ1) is 10.9. The Hall–Kier alpha value is -1.97. The fourth-order valence-electron chi connectivity index (χ4n) is 2.42. The van der Waals surface area contributed by atoms with E-state index in [4.69, 9.17) is 32.4 Å². The van der Waals surface area contributed by atoms with Gasteiger partial charge in [0.05, 0.1) is 0 Å². The van der Waals surface area contributed by atoms with Crippen LogP contribution in [0.5, 0.6) is 5.75 Å². The molecule has 0 amide bonds. The largest absolute Gasteiger partial charge is 0.489 e. The third kappa shape index (κ3) is 3.36. The highest BCUT2D eigenvalue weighted by Gasteiger charge is 2.10. The van der Waals surface area contributed by atoms with E-state index >= 15 is 0 Å². The molecule has 1 aromatic heterocycles. The number of hydrogen-bond donors (Lipinski definition) is 0. The standard InChI is InChI=1S/C18H14Cl2O3/c1-10-3-4-16-12(5-17(21)23-18(16)11(10)2)9-22-15-7-13(19)6-14(20)8-15/h3-8H,9H2,1-2H3. The smallest absolute Gasteiger partial charge is 0.336 e. The van der Waals surface area contributed by atoms with E-state index in [0.29, 0.717) is 21.4 Å². The fourth-order valence-corrected chi connectivity index (χ4v) is 2.92. The Kier molecular flexibility index (Phi) is 4.33. The average molecular weight is 349 g/mol. The number of benzene rings is 2. The molecule has 0 atom stereocenters. The molecular formula is C18H14Cl2O3. The van der Waals surface area contributed by atoms with Crippen LogP contribution in [0.2, 0.25) is 10.0 Å². The number of halogens is 2. The molecule has 0 saturated heterocycles. The van der Waals surface area contributed by atoms with Crippen molar-refractivity contribution in [3.05, 3.63) is 73.6 Å². The number of hydrogen-bond acceptors (Lipinski definition) is 3. The highest BCUT2D eigenvalue weighted by atomic mass is 35.5. The number of rotatable bonds is 3. The lowest BCUT2D eigenvalue weighted by Gasteiger charge is -2.11. The highest BCUT2D eigenvalue weighted by molar-refractivity contribution is 6.34. The normalized spacial score (nSPS) is 11.0. The van der Waals surface area contributed by atoms with Gasteiger partial charge in [0.25, 0.3) is 0 Å². The molecule has 0 radical (unpaired) electrons. The first-order valence-electron chi connectivity index (χ1n) is 7.06. The molecule has 0 bridgehead atoms. The van der Waals surface area contributed by atoms with Gasteiger partial charge in [-0.15, -0.1) is 0 Å². The van der Waals surface area contributed by atoms with Gasteiger partial charge in [-0.25, -0.2) is 4.79 Å². The summed E-state index contributed by atoms with van der Waals surface area (Å²) in [6, 6.07) is 10.4. The van der Waals surface area contributed by atoms with Crippen LogP contribution in [-0.2, 0) is 6.61 Å². The molecule has 3 nitrogen and oxygen atoms in total. The minimum absolute atomic E-state index is 0.223. The predicted molar refractivity (Wildman–Crippen MR) is 92.8 cm³/mol. The fraction of sp³-hybridized carbons (Fsp3) is 0.167. The Balaban J connectivity index is 2.00. The molecule has 0 aliphatic rings. The van der Waals surface area contributed by atoms with E-state index in [9.17, 15) is 4.79 Å². The van der Waals surface area contributed by atoms with Crippen molar-refractivity contribution in [2.45, 2.75) is 20.5 Å². The minimum atomic E-state index is -0.395. The maximum absolute atomic E-state index is 11.8. The zero-order chi connectivity index (χ0) is 16.6. The molecule has 0 spiro atoms. The summed E-state index contributed by atoms with van der Waals surface area (Å²) in [5.74, 6) is 0.549. The Morgan fingerprint density at radius 3 is 2.43 bits per heavy atom. The molecule has 0 fully saturated rings. The third-order valence-electron chi connectivity index (χ3n) is 3.75. The van der Waals surface area contributed by atoms with E-state index in [1.807, 2.05) is 26.0 Å². The van der Waals surface area contributed by atoms with Crippen molar-refractivity contribution < 1.29 is 9.15 Å². The molecule has 0 unspecified atom stereocenters. The van der Waals surface area contributed by atoms with Gasteiger partial charge in [0, 0.05) is 27.1 Å². The summed E-state index contributed by atoms with van der Waals surface area (Å²) in [4.78, 5) is 11.8. The van der Waals surface area contributed by atoms with Gasteiger partial charge < -0.3 is 9.15 Å². The molecular weight excluding hydrogens is 335 g/mol. The van der Waals surface area contributed by atoms with E-state index < -0.39 is 5.63 Å². The van der Waals surface area contributed by atoms with Crippen LogP contribution in [0.1, 0.15) is 16.7 Å². The summed E-state index contributed by atoms with van der Waals surface area (Å²) in [7, 11) is 0. The van der Waals surface area contributed by atoms with E-state index in [1.54, 1.807) is 18.2 Å². The van der Waals surface area contributed by atoms with Crippen LogP contribution in [0.3, 0.4) is 0 Å². The van der Waals surface area contributed by atoms with Gasteiger partial charge in [-0.3, -0.25) is 0 Å². The van der Waals surface area contributed by atoms with Crippen LogP contribution in [0.4, 0.5) is 0 Å². The number of ether oxygens (including phenoxy) is 1. The van der Waals surface area contributed by atoms with Gasteiger partial charge in [0.2, 0.25) is 0 Å². The molecule has 118 valence electrons. The molecule has 3 aromatic rings. The van der Waals surface area contributed by atoms with E-state index in [1.165, 1.54) is 6.07 Å². The summed E-state index contributed by atoms with van der Waals surface area (Å²) in [6.45, 7) is 4.13. The zero-order valence-electron chi connectivity index (χ0n) is 12.7. The average Bonchev–Trinajstić information content (AvgIpc) is 2.48. The lowest BCUT2D eigenvalue weighted by atomic mass is 10.0. The molecule has 2 aromatic carbocycles. The summed E-state index contributed by atoms with van der Waals surface area (Å²) in [5, 5.41) is 1.86. The van der Waals surface area contributed by atoms with Gasteiger partial charge in [-0.05, 0) is 43.2 Å². The Morgan fingerprint density at radius 2 is 1.74 bits per heavy atom. The second-order valence-corrected chi connectivity index (χ2v) is 6.24. The quantitative estimate of drug-likeness (QED) is 0.603. The zero-order valence-corrected chi connectivity index (χ0v) is 14.2. The van der Waals surface area contributed by atoms with Crippen molar-refractivity contribution in [1.29, 1.82) is 0 Å². The Bertz CT molecular complexity index is 925. The van der Waals surface area contributed by atoms with Crippen molar-refractivity contribution in [1.82, 2.24) is 0 Å².